The molecule has 22 heavy (non-hydrogen) atoms. The number of hydrogen-bond acceptors (Lipinski definition) is 2. The van der Waals surface area contributed by atoms with Crippen molar-refractivity contribution in [1.82, 2.24) is 9.80 Å². The van der Waals surface area contributed by atoms with Crippen LogP contribution in [-0.4, -0.2) is 47.9 Å². The molecule has 2 rings (SSSR count). The highest BCUT2D eigenvalue weighted by Gasteiger charge is 2.28. The van der Waals surface area contributed by atoms with Crippen LogP contribution in [0.25, 0.3) is 0 Å². The number of nitrogens with zero attached hydrogens (tertiary/aromatic N) is 2. The van der Waals surface area contributed by atoms with Gasteiger partial charge in [0.1, 0.15) is 0 Å². The number of carbonyl (C=O) groups excluding carboxylic acids is 1. The molecule has 0 aromatic heterocycles. The van der Waals surface area contributed by atoms with Crippen molar-refractivity contribution in [2.24, 2.45) is 0 Å². The Labute approximate surface area is 135 Å². The average molecular weight is 302 g/mol. The van der Waals surface area contributed by atoms with Crippen molar-refractivity contribution in [3.63, 3.8) is 0 Å². The fourth-order valence-corrected chi connectivity index (χ4v) is 3.67. The molecule has 0 saturated carbocycles. The molecule has 3 nitrogen and oxygen atoms in total. The molecule has 122 valence electrons. The highest BCUT2D eigenvalue weighted by atomic mass is 16.2. The Morgan fingerprint density at radius 2 is 1.73 bits per heavy atom. The average Bonchev–Trinajstić information content (AvgIpc) is 2.56. The summed E-state index contributed by atoms with van der Waals surface area (Å²) in [6, 6.07) is 0.684. The van der Waals surface area contributed by atoms with Crippen molar-refractivity contribution < 1.29 is 4.79 Å². The van der Waals surface area contributed by atoms with Gasteiger partial charge in [-0.1, -0.05) is 31.2 Å². The van der Waals surface area contributed by atoms with Crippen LogP contribution in [0, 0.1) is 0 Å². The van der Waals surface area contributed by atoms with Gasteiger partial charge in [-0.3, -0.25) is 4.79 Å². The molecule has 3 heteroatoms. The van der Waals surface area contributed by atoms with Crippen molar-refractivity contribution in [2.45, 2.75) is 52.0 Å². The van der Waals surface area contributed by atoms with Crippen molar-refractivity contribution in [2.75, 3.05) is 26.2 Å². The second kappa shape index (κ2) is 8.33. The first-order chi connectivity index (χ1) is 10.7. The summed E-state index contributed by atoms with van der Waals surface area (Å²) in [4.78, 5) is 17.4. The van der Waals surface area contributed by atoms with Gasteiger partial charge in [-0.2, -0.15) is 0 Å². The Kier molecular flexibility index (Phi) is 6.44. The highest BCUT2D eigenvalue weighted by molar-refractivity contribution is 5.97. The first kappa shape index (κ1) is 17.0. The van der Waals surface area contributed by atoms with Gasteiger partial charge in [0.05, 0.1) is 0 Å². The van der Waals surface area contributed by atoms with Gasteiger partial charge in [0.15, 0.2) is 0 Å². The van der Waals surface area contributed by atoms with Crippen LogP contribution in [0.4, 0.5) is 0 Å². The van der Waals surface area contributed by atoms with Gasteiger partial charge < -0.3 is 9.80 Å². The van der Waals surface area contributed by atoms with E-state index in [-0.39, 0.29) is 5.91 Å². The van der Waals surface area contributed by atoms with Crippen molar-refractivity contribution in [3.05, 3.63) is 36.0 Å². The smallest absolute Gasteiger partial charge is 0.253 e. The summed E-state index contributed by atoms with van der Waals surface area (Å²) in [5, 5.41) is 0. The molecule has 2 heterocycles. The zero-order valence-electron chi connectivity index (χ0n) is 14.2. The number of piperidine rings is 2. The molecular formula is C19H30N2O. The monoisotopic (exact) mass is 302 g/mol. The fourth-order valence-electron chi connectivity index (χ4n) is 3.67. The van der Waals surface area contributed by atoms with Crippen LogP contribution in [-0.2, 0) is 4.79 Å². The lowest BCUT2D eigenvalue weighted by atomic mass is 9.98. The second-order valence-electron chi connectivity index (χ2n) is 6.41. The molecule has 0 atom stereocenters. The van der Waals surface area contributed by atoms with Crippen molar-refractivity contribution >= 4 is 5.91 Å². The predicted octanol–water partition coefficient (Wildman–Crippen LogP) is 3.54. The summed E-state index contributed by atoms with van der Waals surface area (Å²) >= 11 is 0. The van der Waals surface area contributed by atoms with Gasteiger partial charge in [0.2, 0.25) is 0 Å². The summed E-state index contributed by atoms with van der Waals surface area (Å²) in [5.74, 6) is 0.176. The Hall–Kier alpha value is -1.35. The SMILES string of the molecule is C=C/C=C(C)\C(=C/C)C(=O)N1CCC(N2CCCCC2)CC1. The van der Waals surface area contributed by atoms with Crippen molar-refractivity contribution in [1.29, 1.82) is 0 Å². The number of carbonyl (C=O) groups is 1. The minimum Gasteiger partial charge on any atom is -0.339 e. The van der Waals surface area contributed by atoms with E-state index < -0.39 is 0 Å². The van der Waals surface area contributed by atoms with Gasteiger partial charge >= 0.3 is 0 Å². The summed E-state index contributed by atoms with van der Waals surface area (Å²) in [7, 11) is 0. The molecule has 0 aromatic carbocycles. The zero-order valence-corrected chi connectivity index (χ0v) is 14.2. The van der Waals surface area contributed by atoms with Crippen LogP contribution in [0.3, 0.4) is 0 Å². The standard InChI is InChI=1S/C19H30N2O/c1-4-9-16(3)18(5-2)19(22)21-14-10-17(11-15-21)20-12-7-6-8-13-20/h4-5,9,17H,1,6-8,10-15H2,2-3H3/b16-9-,18-5+. The molecular weight excluding hydrogens is 272 g/mol. The topological polar surface area (TPSA) is 23.6 Å². The third kappa shape index (κ3) is 4.10. The third-order valence-electron chi connectivity index (χ3n) is 4.97. The van der Waals surface area contributed by atoms with Crippen molar-refractivity contribution in [3.8, 4) is 0 Å². The molecule has 2 saturated heterocycles. The van der Waals surface area contributed by atoms with E-state index in [0.717, 1.165) is 37.1 Å². The lowest BCUT2D eigenvalue weighted by Gasteiger charge is -2.40. The van der Waals surface area contributed by atoms with E-state index >= 15 is 0 Å². The van der Waals surface area contributed by atoms with Crippen LogP contribution in [0.15, 0.2) is 36.0 Å². The van der Waals surface area contributed by atoms with E-state index in [2.05, 4.69) is 11.5 Å². The summed E-state index contributed by atoms with van der Waals surface area (Å²) < 4.78 is 0. The second-order valence-corrected chi connectivity index (χ2v) is 6.41. The van der Waals surface area contributed by atoms with Gasteiger partial charge in [0.25, 0.3) is 5.91 Å². The molecule has 2 fully saturated rings. The van der Waals surface area contributed by atoms with E-state index in [4.69, 9.17) is 0 Å². The quantitative estimate of drug-likeness (QED) is 0.586. The third-order valence-corrected chi connectivity index (χ3v) is 4.97. The number of likely N-dealkylation sites (tertiary alicyclic amines) is 2. The number of rotatable bonds is 4. The molecule has 0 spiro atoms. The summed E-state index contributed by atoms with van der Waals surface area (Å²) in [6.45, 7) is 11.9. The first-order valence-corrected chi connectivity index (χ1v) is 8.66. The van der Waals surface area contributed by atoms with E-state index in [9.17, 15) is 4.79 Å². The molecule has 2 aliphatic rings. The molecule has 0 N–H and O–H groups in total. The molecule has 0 radical (unpaired) electrons. The Balaban J connectivity index is 1.91. The molecule has 0 aliphatic carbocycles. The van der Waals surface area contributed by atoms with Crippen LogP contribution in [0.1, 0.15) is 46.0 Å². The largest absolute Gasteiger partial charge is 0.339 e. The maximum atomic E-state index is 12.7. The minimum absolute atomic E-state index is 0.176. The van der Waals surface area contributed by atoms with Gasteiger partial charge in [0, 0.05) is 24.7 Å². The van der Waals surface area contributed by atoms with Gasteiger partial charge in [-0.05, 0) is 58.2 Å². The number of hydrogen-bond donors (Lipinski definition) is 0. The number of allylic oxidation sites excluding steroid dienone is 3. The van der Waals surface area contributed by atoms with Gasteiger partial charge in [-0.25, -0.2) is 0 Å². The van der Waals surface area contributed by atoms with E-state index in [1.807, 2.05) is 30.9 Å². The Morgan fingerprint density at radius 3 is 2.27 bits per heavy atom. The zero-order chi connectivity index (χ0) is 15.9. The molecule has 0 bridgehead atoms. The lowest BCUT2D eigenvalue weighted by molar-refractivity contribution is -0.128. The van der Waals surface area contributed by atoms with Crippen LogP contribution < -0.4 is 0 Å². The fraction of sp³-hybridized carbons (Fsp3) is 0.632. The molecule has 2 aliphatic heterocycles. The maximum absolute atomic E-state index is 12.7. The lowest BCUT2D eigenvalue weighted by Crippen LogP contribution is -2.48. The molecule has 0 aromatic rings. The molecule has 0 unspecified atom stereocenters. The van der Waals surface area contributed by atoms with Crippen LogP contribution in [0.5, 0.6) is 0 Å². The van der Waals surface area contributed by atoms with Crippen LogP contribution >= 0.6 is 0 Å². The Morgan fingerprint density at radius 1 is 1.09 bits per heavy atom. The summed E-state index contributed by atoms with van der Waals surface area (Å²) in [6.07, 6.45) is 11.9. The Bertz CT molecular complexity index is 450. The van der Waals surface area contributed by atoms with Crippen LogP contribution in [0.2, 0.25) is 0 Å². The van der Waals surface area contributed by atoms with Gasteiger partial charge in [-0.15, -0.1) is 0 Å². The normalized spacial score (nSPS) is 22.7. The first-order valence-electron chi connectivity index (χ1n) is 8.66. The minimum atomic E-state index is 0.176. The molecule has 1 amide bonds. The maximum Gasteiger partial charge on any atom is 0.253 e. The van der Waals surface area contributed by atoms with E-state index in [1.54, 1.807) is 6.08 Å². The van der Waals surface area contributed by atoms with E-state index in [0.29, 0.717) is 6.04 Å². The predicted molar refractivity (Wildman–Crippen MR) is 92.7 cm³/mol. The summed E-state index contributed by atoms with van der Waals surface area (Å²) in [5.41, 5.74) is 1.82. The highest BCUT2D eigenvalue weighted by Crippen LogP contribution is 2.23. The number of amides is 1. The van der Waals surface area contributed by atoms with E-state index in [1.165, 1.54) is 32.4 Å².